The number of hydrogen-bond acceptors (Lipinski definition) is 3. The average molecular weight is 654 g/mol. The van der Waals surface area contributed by atoms with Crippen LogP contribution in [0.3, 0.4) is 0 Å². The summed E-state index contributed by atoms with van der Waals surface area (Å²) in [4.78, 5) is 2.33. The summed E-state index contributed by atoms with van der Waals surface area (Å²) in [6.45, 7) is 0. The number of hydrogen-bond donors (Lipinski definition) is 0. The van der Waals surface area contributed by atoms with Gasteiger partial charge in [-0.2, -0.15) is 0 Å². The molecule has 0 radical (unpaired) electrons. The highest BCUT2D eigenvalue weighted by atomic mass is 16.3. The molecule has 2 heterocycles. The number of para-hydroxylation sites is 2. The molecule has 0 unspecified atom stereocenters. The molecule has 2 aromatic heterocycles. The predicted octanol–water partition coefficient (Wildman–Crippen LogP) is 14.0. The second-order valence-corrected chi connectivity index (χ2v) is 12.9. The Labute approximate surface area is 295 Å². The van der Waals surface area contributed by atoms with Crippen molar-refractivity contribution in [2.24, 2.45) is 0 Å². The topological polar surface area (TPSA) is 29.5 Å². The number of nitrogens with zero attached hydrogens (tertiary/aromatic N) is 1. The fourth-order valence-corrected chi connectivity index (χ4v) is 7.38. The van der Waals surface area contributed by atoms with Gasteiger partial charge in [0.1, 0.15) is 22.3 Å². The third-order valence-electron chi connectivity index (χ3n) is 9.87. The average Bonchev–Trinajstić information content (AvgIpc) is 3.77. The van der Waals surface area contributed by atoms with Gasteiger partial charge in [0.2, 0.25) is 0 Å². The lowest BCUT2D eigenvalue weighted by Gasteiger charge is -2.26. The molecule has 0 saturated heterocycles. The van der Waals surface area contributed by atoms with Crippen molar-refractivity contribution in [3.63, 3.8) is 0 Å². The molecule has 0 N–H and O–H groups in total. The summed E-state index contributed by atoms with van der Waals surface area (Å²) in [5, 5.41) is 4.45. The minimum Gasteiger partial charge on any atom is -0.456 e. The first-order valence-electron chi connectivity index (χ1n) is 17.2. The fourth-order valence-electron chi connectivity index (χ4n) is 7.38. The first-order chi connectivity index (χ1) is 25.3. The Kier molecular flexibility index (Phi) is 6.81. The summed E-state index contributed by atoms with van der Waals surface area (Å²) >= 11 is 0. The molecule has 0 aliphatic heterocycles. The van der Waals surface area contributed by atoms with Crippen LogP contribution in [-0.4, -0.2) is 0 Å². The van der Waals surface area contributed by atoms with E-state index in [-0.39, 0.29) is 0 Å². The van der Waals surface area contributed by atoms with Gasteiger partial charge in [0, 0.05) is 44.2 Å². The van der Waals surface area contributed by atoms with Crippen LogP contribution in [0.4, 0.5) is 17.1 Å². The number of furan rings is 2. The van der Waals surface area contributed by atoms with Crippen molar-refractivity contribution in [3.8, 4) is 33.4 Å². The van der Waals surface area contributed by atoms with Crippen LogP contribution in [0.1, 0.15) is 0 Å². The summed E-state index contributed by atoms with van der Waals surface area (Å²) in [6.07, 6.45) is 0. The summed E-state index contributed by atoms with van der Waals surface area (Å²) < 4.78 is 12.7. The van der Waals surface area contributed by atoms with Crippen molar-refractivity contribution in [3.05, 3.63) is 188 Å². The zero-order valence-electron chi connectivity index (χ0n) is 27.7. The third kappa shape index (κ3) is 5.06. The molecule has 0 bridgehead atoms. The minimum atomic E-state index is 0.881. The minimum absolute atomic E-state index is 0.881. The maximum Gasteiger partial charge on any atom is 0.143 e. The molecule has 51 heavy (non-hydrogen) atoms. The van der Waals surface area contributed by atoms with E-state index in [1.54, 1.807) is 0 Å². The fraction of sp³-hybridized carbons (Fsp3) is 0. The van der Waals surface area contributed by atoms with Gasteiger partial charge in [-0.1, -0.05) is 127 Å². The number of anilines is 3. The lowest BCUT2D eigenvalue weighted by atomic mass is 10.00. The van der Waals surface area contributed by atoms with Gasteiger partial charge in [0.15, 0.2) is 0 Å². The largest absolute Gasteiger partial charge is 0.456 e. The Morgan fingerprint density at radius 1 is 0.294 bits per heavy atom. The normalized spacial score (nSPS) is 11.5. The van der Waals surface area contributed by atoms with E-state index in [1.165, 1.54) is 11.1 Å². The Morgan fingerprint density at radius 3 is 1.69 bits per heavy atom. The Bertz CT molecular complexity index is 2850. The van der Waals surface area contributed by atoms with Crippen LogP contribution >= 0.6 is 0 Å². The molecule has 0 aliphatic carbocycles. The quantitative estimate of drug-likeness (QED) is 0.179. The Hall–Kier alpha value is -6.84. The van der Waals surface area contributed by atoms with E-state index in [4.69, 9.17) is 8.83 Å². The molecule has 10 rings (SSSR count). The molecule has 240 valence electrons. The maximum atomic E-state index is 6.46. The highest BCUT2D eigenvalue weighted by Crippen LogP contribution is 2.41. The summed E-state index contributed by atoms with van der Waals surface area (Å²) in [7, 11) is 0. The van der Waals surface area contributed by atoms with Gasteiger partial charge in [-0.15, -0.1) is 0 Å². The van der Waals surface area contributed by atoms with Crippen LogP contribution in [-0.2, 0) is 0 Å². The van der Waals surface area contributed by atoms with Crippen molar-refractivity contribution in [2.75, 3.05) is 4.90 Å². The van der Waals surface area contributed by atoms with E-state index in [1.807, 2.05) is 18.2 Å². The standard InChI is InChI=1S/C48H31NO2/c1-3-11-32(12-4-1)35-15-9-16-38(29-35)49(39-26-28-46-44(31-39)41-17-7-8-20-45(41)50-46)37-24-21-33(22-25-37)36-23-27-47-43(30-36)42-19-10-18-40(48(42)51-47)34-13-5-2-6-14-34/h1-31H. The zero-order chi connectivity index (χ0) is 33.7. The second kappa shape index (κ2) is 11.9. The van der Waals surface area contributed by atoms with Crippen LogP contribution < -0.4 is 4.90 Å². The SMILES string of the molecule is c1ccc(-c2cccc(N(c3ccc(-c4ccc5oc6c(-c7ccccc7)cccc6c5c4)cc3)c3ccc4oc5ccccc5c4c3)c2)cc1. The van der Waals surface area contributed by atoms with Gasteiger partial charge in [-0.3, -0.25) is 0 Å². The van der Waals surface area contributed by atoms with E-state index in [9.17, 15) is 0 Å². The van der Waals surface area contributed by atoms with E-state index in [0.29, 0.717) is 0 Å². The number of benzene rings is 8. The van der Waals surface area contributed by atoms with Crippen molar-refractivity contribution in [2.45, 2.75) is 0 Å². The molecule has 3 heteroatoms. The summed E-state index contributed by atoms with van der Waals surface area (Å²) in [5.74, 6) is 0. The third-order valence-corrected chi connectivity index (χ3v) is 9.87. The Morgan fingerprint density at radius 2 is 0.843 bits per heavy atom. The molecule has 0 saturated carbocycles. The van der Waals surface area contributed by atoms with Gasteiger partial charge >= 0.3 is 0 Å². The first kappa shape index (κ1) is 29.1. The molecule has 0 atom stereocenters. The van der Waals surface area contributed by atoms with Crippen molar-refractivity contribution in [1.82, 2.24) is 0 Å². The van der Waals surface area contributed by atoms with Gasteiger partial charge in [0.05, 0.1) is 0 Å². The molecule has 0 aliphatic rings. The Balaban J connectivity index is 1.08. The highest BCUT2D eigenvalue weighted by Gasteiger charge is 2.17. The molecule has 8 aromatic carbocycles. The lowest BCUT2D eigenvalue weighted by Crippen LogP contribution is -2.10. The molecular weight excluding hydrogens is 623 g/mol. The van der Waals surface area contributed by atoms with Crippen LogP contribution in [0.5, 0.6) is 0 Å². The number of fused-ring (bicyclic) bond motifs is 6. The van der Waals surface area contributed by atoms with Crippen molar-refractivity contribution < 1.29 is 8.83 Å². The van der Waals surface area contributed by atoms with Crippen LogP contribution in [0.15, 0.2) is 197 Å². The van der Waals surface area contributed by atoms with E-state index >= 15 is 0 Å². The number of rotatable bonds is 6. The van der Waals surface area contributed by atoms with Crippen molar-refractivity contribution >= 4 is 60.9 Å². The van der Waals surface area contributed by atoms with Crippen LogP contribution in [0.25, 0.3) is 77.3 Å². The van der Waals surface area contributed by atoms with Gasteiger partial charge in [-0.05, 0) is 88.5 Å². The van der Waals surface area contributed by atoms with E-state index in [2.05, 4.69) is 175 Å². The smallest absolute Gasteiger partial charge is 0.143 e. The second-order valence-electron chi connectivity index (χ2n) is 12.9. The molecule has 0 fully saturated rings. The van der Waals surface area contributed by atoms with Gasteiger partial charge < -0.3 is 13.7 Å². The van der Waals surface area contributed by atoms with Gasteiger partial charge in [-0.25, -0.2) is 0 Å². The molecule has 0 spiro atoms. The monoisotopic (exact) mass is 653 g/mol. The van der Waals surface area contributed by atoms with E-state index in [0.717, 1.165) is 83.2 Å². The molecule has 3 nitrogen and oxygen atoms in total. The van der Waals surface area contributed by atoms with Gasteiger partial charge in [0.25, 0.3) is 0 Å². The summed E-state index contributed by atoms with van der Waals surface area (Å²) in [5.41, 5.74) is 13.7. The maximum absolute atomic E-state index is 6.46. The predicted molar refractivity (Wildman–Crippen MR) is 212 cm³/mol. The summed E-state index contributed by atoms with van der Waals surface area (Å²) in [6, 6.07) is 66.2. The van der Waals surface area contributed by atoms with Crippen molar-refractivity contribution in [1.29, 1.82) is 0 Å². The molecular formula is C48H31NO2. The first-order valence-corrected chi connectivity index (χ1v) is 17.2. The van der Waals surface area contributed by atoms with E-state index < -0.39 is 0 Å². The van der Waals surface area contributed by atoms with Crippen LogP contribution in [0, 0.1) is 0 Å². The molecule has 10 aromatic rings. The van der Waals surface area contributed by atoms with Crippen LogP contribution in [0.2, 0.25) is 0 Å². The highest BCUT2D eigenvalue weighted by molar-refractivity contribution is 6.11. The lowest BCUT2D eigenvalue weighted by molar-refractivity contribution is 0.669. The zero-order valence-corrected chi connectivity index (χ0v) is 27.7. The molecule has 0 amide bonds.